The summed E-state index contributed by atoms with van der Waals surface area (Å²) in [7, 11) is 0. The molecule has 5 heteroatoms. The molecule has 3 heterocycles. The first-order chi connectivity index (χ1) is 20.0. The van der Waals surface area contributed by atoms with Gasteiger partial charge < -0.3 is 4.98 Å². The highest BCUT2D eigenvalue weighted by molar-refractivity contribution is 5.96. The van der Waals surface area contributed by atoms with Gasteiger partial charge in [-0.2, -0.15) is 5.10 Å². The van der Waals surface area contributed by atoms with Crippen LogP contribution in [0.5, 0.6) is 0 Å². The fourth-order valence-electron chi connectivity index (χ4n) is 4.98. The van der Waals surface area contributed by atoms with Gasteiger partial charge >= 0.3 is 0 Å². The summed E-state index contributed by atoms with van der Waals surface area (Å²) in [6, 6.07) is 21.0. The average molecular weight is 541 g/mol. The topological polar surface area (TPSA) is 57.4 Å². The second kappa shape index (κ2) is 12.4. The number of benzene rings is 2. The van der Waals surface area contributed by atoms with E-state index in [1.807, 2.05) is 50.3 Å². The first-order valence-corrected chi connectivity index (χ1v) is 13.7. The molecule has 4 nitrogen and oxygen atoms in total. The summed E-state index contributed by atoms with van der Waals surface area (Å²) < 4.78 is 14.0. The minimum absolute atomic E-state index is 0.275. The van der Waals surface area contributed by atoms with Gasteiger partial charge in [-0.25, -0.2) is 9.37 Å². The molecule has 2 N–H and O–H groups in total. The van der Waals surface area contributed by atoms with Crippen molar-refractivity contribution in [2.75, 3.05) is 0 Å². The Kier molecular flexibility index (Phi) is 8.35. The lowest BCUT2D eigenvalue weighted by atomic mass is 9.98. The fraction of sp³-hybridized carbons (Fsp3) is 0.111. The molecule has 0 amide bonds. The Morgan fingerprint density at radius 1 is 1.02 bits per heavy atom. The van der Waals surface area contributed by atoms with Crippen molar-refractivity contribution in [3.8, 4) is 22.5 Å². The Hall–Kier alpha value is -5.03. The van der Waals surface area contributed by atoms with E-state index in [4.69, 9.17) is 0 Å². The van der Waals surface area contributed by atoms with Gasteiger partial charge in [-0.05, 0) is 90.4 Å². The van der Waals surface area contributed by atoms with E-state index in [9.17, 15) is 4.39 Å². The van der Waals surface area contributed by atoms with E-state index < -0.39 is 0 Å². The first-order valence-electron chi connectivity index (χ1n) is 13.7. The summed E-state index contributed by atoms with van der Waals surface area (Å²) in [6.45, 7) is 12.4. The average Bonchev–Trinajstić information content (AvgIpc) is 3.61. The highest BCUT2D eigenvalue weighted by Crippen LogP contribution is 2.30. The number of nitrogens with zero attached hydrogens (tertiary/aromatic N) is 2. The van der Waals surface area contributed by atoms with E-state index >= 15 is 0 Å². The molecule has 5 aromatic rings. The molecule has 0 fully saturated rings. The van der Waals surface area contributed by atoms with Crippen molar-refractivity contribution in [3.63, 3.8) is 0 Å². The number of aromatic nitrogens is 4. The maximum absolute atomic E-state index is 14.0. The molecule has 3 aromatic heterocycles. The molecular weight excluding hydrogens is 507 g/mol. The van der Waals surface area contributed by atoms with Crippen LogP contribution in [-0.2, 0) is 6.42 Å². The smallest absolute Gasteiger partial charge is 0.138 e. The van der Waals surface area contributed by atoms with Gasteiger partial charge in [-0.1, -0.05) is 79.9 Å². The highest BCUT2D eigenvalue weighted by Gasteiger charge is 2.14. The summed E-state index contributed by atoms with van der Waals surface area (Å²) in [5, 5.41) is 10.5. The van der Waals surface area contributed by atoms with E-state index in [0.29, 0.717) is 5.65 Å². The van der Waals surface area contributed by atoms with E-state index in [2.05, 4.69) is 75.8 Å². The SMILES string of the molecule is C=C/C(=C\C(=C/C)C(=C)/C=c1/c(-c2cc3c(-c4cccc(F)c4)ccnc3[nH]2)n[nH]/c1=C/C)CCc1ccccc1. The van der Waals surface area contributed by atoms with E-state index in [0.717, 1.165) is 68.0 Å². The van der Waals surface area contributed by atoms with Crippen molar-refractivity contribution in [2.24, 2.45) is 0 Å². The van der Waals surface area contributed by atoms with Crippen LogP contribution in [0, 0.1) is 5.82 Å². The van der Waals surface area contributed by atoms with Crippen molar-refractivity contribution >= 4 is 23.2 Å². The minimum Gasteiger partial charge on any atom is -0.338 e. The van der Waals surface area contributed by atoms with Crippen molar-refractivity contribution in [1.29, 1.82) is 0 Å². The lowest BCUT2D eigenvalue weighted by Gasteiger charge is -2.07. The highest BCUT2D eigenvalue weighted by atomic mass is 19.1. The Labute approximate surface area is 239 Å². The Bertz CT molecular complexity index is 1900. The third-order valence-electron chi connectivity index (χ3n) is 7.19. The van der Waals surface area contributed by atoms with Gasteiger partial charge in [0.1, 0.15) is 17.2 Å². The molecule has 0 aliphatic rings. The summed E-state index contributed by atoms with van der Waals surface area (Å²) in [6.07, 6.45) is 13.8. The summed E-state index contributed by atoms with van der Waals surface area (Å²) in [4.78, 5) is 7.94. The quantitative estimate of drug-likeness (QED) is 0.189. The molecule has 41 heavy (non-hydrogen) atoms. The molecule has 0 saturated carbocycles. The van der Waals surface area contributed by atoms with E-state index in [1.165, 1.54) is 17.7 Å². The molecular formula is C36H33FN4. The Morgan fingerprint density at radius 2 is 1.85 bits per heavy atom. The largest absolute Gasteiger partial charge is 0.338 e. The summed E-state index contributed by atoms with van der Waals surface area (Å²) in [5.41, 5.74) is 8.32. The zero-order valence-corrected chi connectivity index (χ0v) is 23.4. The molecule has 0 saturated heterocycles. The predicted molar refractivity (Wildman–Crippen MR) is 169 cm³/mol. The number of halogens is 1. The number of H-pyrrole nitrogens is 2. The van der Waals surface area contributed by atoms with E-state index in [1.54, 1.807) is 12.3 Å². The molecule has 0 radical (unpaired) electrons. The predicted octanol–water partition coefficient (Wildman–Crippen LogP) is 7.59. The number of nitrogens with one attached hydrogen (secondary N) is 2. The zero-order valence-electron chi connectivity index (χ0n) is 23.4. The van der Waals surface area contributed by atoms with Crippen molar-refractivity contribution in [3.05, 3.63) is 143 Å². The van der Waals surface area contributed by atoms with Crippen LogP contribution in [0.3, 0.4) is 0 Å². The minimum atomic E-state index is -0.275. The molecule has 0 atom stereocenters. The molecule has 0 unspecified atom stereocenters. The van der Waals surface area contributed by atoms with Gasteiger partial charge in [0.05, 0.1) is 11.0 Å². The molecule has 5 rings (SSSR count). The first kappa shape index (κ1) is 27.5. The van der Waals surface area contributed by atoms with Gasteiger partial charge in [0.2, 0.25) is 0 Å². The van der Waals surface area contributed by atoms with Crippen molar-refractivity contribution in [1.82, 2.24) is 20.2 Å². The monoisotopic (exact) mass is 540 g/mol. The number of pyridine rings is 1. The number of hydrogen-bond acceptors (Lipinski definition) is 2. The Morgan fingerprint density at radius 3 is 2.59 bits per heavy atom. The Balaban J connectivity index is 1.51. The molecule has 0 aliphatic heterocycles. The normalized spacial score (nSPS) is 13.2. The standard InChI is InChI=1S/C36H33FN4/c1-5-25(16-17-26-12-9-8-10-13-26)21-27(6-2)24(4)20-32-33(7-3)40-41-35(32)34-23-31-30(18-19-38-36(31)39-34)28-14-11-15-29(37)22-28/h5-15,18-23,40H,1,4,16-17H2,2-3H3,(H,38,39)/b25-21+,27-6+,32-20+,33-7+. The zero-order chi connectivity index (χ0) is 28.8. The summed E-state index contributed by atoms with van der Waals surface area (Å²) >= 11 is 0. The second-order valence-electron chi connectivity index (χ2n) is 9.82. The number of aryl methyl sites for hydroxylation is 1. The van der Waals surface area contributed by atoms with Gasteiger partial charge in [-0.3, -0.25) is 5.10 Å². The van der Waals surface area contributed by atoms with Gasteiger partial charge in [0.15, 0.2) is 0 Å². The molecule has 0 aliphatic carbocycles. The third-order valence-corrected chi connectivity index (χ3v) is 7.19. The molecule has 204 valence electrons. The number of fused-ring (bicyclic) bond motifs is 1. The lowest BCUT2D eigenvalue weighted by molar-refractivity contribution is 0.628. The van der Waals surface area contributed by atoms with Crippen molar-refractivity contribution < 1.29 is 4.39 Å². The molecule has 0 bridgehead atoms. The van der Waals surface area contributed by atoms with E-state index in [-0.39, 0.29) is 5.82 Å². The van der Waals surface area contributed by atoms with Gasteiger partial charge in [0.25, 0.3) is 0 Å². The van der Waals surface area contributed by atoms with Crippen LogP contribution in [0.25, 0.3) is 45.7 Å². The van der Waals surface area contributed by atoms with Crippen LogP contribution in [0.15, 0.2) is 121 Å². The van der Waals surface area contributed by atoms with Crippen LogP contribution < -0.4 is 10.6 Å². The van der Waals surface area contributed by atoms with Crippen LogP contribution in [0.2, 0.25) is 0 Å². The third kappa shape index (κ3) is 6.10. The van der Waals surface area contributed by atoms with Crippen molar-refractivity contribution in [2.45, 2.75) is 26.7 Å². The second-order valence-corrected chi connectivity index (χ2v) is 9.82. The maximum Gasteiger partial charge on any atom is 0.138 e. The van der Waals surface area contributed by atoms with Crippen LogP contribution >= 0.6 is 0 Å². The number of hydrogen-bond donors (Lipinski definition) is 2. The summed E-state index contributed by atoms with van der Waals surface area (Å²) in [5.74, 6) is -0.275. The molecule has 0 spiro atoms. The van der Waals surface area contributed by atoms with Crippen LogP contribution in [0.1, 0.15) is 25.8 Å². The van der Waals surface area contributed by atoms with Crippen LogP contribution in [-0.4, -0.2) is 20.2 Å². The lowest BCUT2D eigenvalue weighted by Crippen LogP contribution is -2.23. The number of rotatable bonds is 9. The van der Waals surface area contributed by atoms with Gasteiger partial charge in [0, 0.05) is 16.8 Å². The number of allylic oxidation sites excluding steroid dienone is 6. The van der Waals surface area contributed by atoms with Gasteiger partial charge in [-0.15, -0.1) is 0 Å². The maximum atomic E-state index is 14.0. The van der Waals surface area contributed by atoms with Crippen LogP contribution in [0.4, 0.5) is 4.39 Å². The fourth-order valence-corrected chi connectivity index (χ4v) is 4.98. The molecule has 2 aromatic carbocycles. The number of aromatic amines is 2.